The number of hydrazine groups is 1. The molecule has 1 heterocycles. The van der Waals surface area contributed by atoms with E-state index in [4.69, 9.17) is 32.6 Å². The molecule has 0 radical (unpaired) electrons. The molecule has 1 fully saturated rings. The predicted molar refractivity (Wildman–Crippen MR) is 121 cm³/mol. The Morgan fingerprint density at radius 3 is 2.59 bits per heavy atom. The lowest BCUT2D eigenvalue weighted by Crippen LogP contribution is -2.64. The molecule has 2 amide bonds. The van der Waals surface area contributed by atoms with Crippen molar-refractivity contribution in [3.05, 3.63) is 33.8 Å². The van der Waals surface area contributed by atoms with Gasteiger partial charge in [-0.15, -0.1) is 0 Å². The summed E-state index contributed by atoms with van der Waals surface area (Å²) >= 11 is 11.9. The standard InChI is InChI=1S/C19H28BCl2N4O6/c1-10(2)7-16(20(30)31-12(4)18(11(3)27)25-26-32-20)24-17(28)9-23-19(29)14-8-13(21)5-6-15(14)22/h5-6,8,10,12,16,18,25-26,30H,7,9H2,1-4H3,(H,23,29)(H,24,28)/q-1/t12-,16+,18-,20?/m1/s1. The fraction of sp³-hybridized carbons (Fsp3) is 0.526. The van der Waals surface area contributed by atoms with E-state index in [0.29, 0.717) is 11.4 Å². The molecular formula is C19H28BCl2N4O6-. The molecule has 0 aromatic heterocycles. The number of rotatable bonds is 8. The van der Waals surface area contributed by atoms with Crippen molar-refractivity contribution in [1.82, 2.24) is 21.6 Å². The number of amides is 2. The van der Waals surface area contributed by atoms with Crippen LogP contribution >= 0.6 is 23.2 Å². The minimum atomic E-state index is -3.07. The lowest BCUT2D eigenvalue weighted by Gasteiger charge is -2.43. The molecule has 2 rings (SSSR count). The topological polar surface area (TPSA) is 138 Å². The van der Waals surface area contributed by atoms with Gasteiger partial charge in [0, 0.05) is 11.1 Å². The molecule has 0 spiro atoms. The van der Waals surface area contributed by atoms with Crippen LogP contribution in [0.5, 0.6) is 0 Å². The van der Waals surface area contributed by atoms with Gasteiger partial charge < -0.3 is 25.1 Å². The normalized spacial score (nSPS) is 24.5. The SMILES string of the molecule is CC(=O)[C@H]1NNO[B-](O)([C@H](CC(C)C)NC(=O)CNC(=O)c2cc(Cl)ccc2Cl)O[C@@H]1C. The van der Waals surface area contributed by atoms with Gasteiger partial charge in [-0.05, 0) is 43.9 Å². The van der Waals surface area contributed by atoms with Crippen LogP contribution in [-0.2, 0) is 19.0 Å². The number of nitrogens with one attached hydrogen (secondary N) is 4. The van der Waals surface area contributed by atoms with Crippen LogP contribution in [0, 0.1) is 5.92 Å². The first-order valence-corrected chi connectivity index (χ1v) is 10.9. The van der Waals surface area contributed by atoms with E-state index in [1.165, 1.54) is 19.1 Å². The first-order valence-electron chi connectivity index (χ1n) is 10.2. The van der Waals surface area contributed by atoms with Gasteiger partial charge in [0.15, 0.2) is 5.78 Å². The van der Waals surface area contributed by atoms with Crippen molar-refractivity contribution < 1.29 is 28.8 Å². The van der Waals surface area contributed by atoms with Crippen LogP contribution in [-0.4, -0.2) is 54.0 Å². The average Bonchev–Trinajstić information content (AvgIpc) is 2.85. The zero-order chi connectivity index (χ0) is 24.1. The highest BCUT2D eigenvalue weighted by Crippen LogP contribution is 2.22. The molecule has 1 saturated heterocycles. The molecular weight excluding hydrogens is 462 g/mol. The Bertz CT molecular complexity index is 861. The molecule has 0 bridgehead atoms. The summed E-state index contributed by atoms with van der Waals surface area (Å²) in [4.78, 5) is 36.7. The molecule has 1 aromatic carbocycles. The fourth-order valence-corrected chi connectivity index (χ4v) is 3.73. The van der Waals surface area contributed by atoms with Crippen LogP contribution < -0.4 is 21.6 Å². The lowest BCUT2D eigenvalue weighted by molar-refractivity contribution is -0.122. The zero-order valence-electron chi connectivity index (χ0n) is 18.3. The van der Waals surface area contributed by atoms with Crippen LogP contribution in [0.1, 0.15) is 44.5 Å². The molecule has 178 valence electrons. The highest BCUT2D eigenvalue weighted by atomic mass is 35.5. The summed E-state index contributed by atoms with van der Waals surface area (Å²) in [6.07, 6.45) is -0.446. The van der Waals surface area contributed by atoms with E-state index in [2.05, 4.69) is 21.6 Å². The maximum Gasteiger partial charge on any atom is 0.415 e. The summed E-state index contributed by atoms with van der Waals surface area (Å²) in [7, 11) is 0. The largest absolute Gasteiger partial charge is 0.557 e. The molecule has 1 aliphatic heterocycles. The van der Waals surface area contributed by atoms with Gasteiger partial charge in [-0.1, -0.05) is 43.5 Å². The van der Waals surface area contributed by atoms with E-state index in [9.17, 15) is 19.4 Å². The Labute approximate surface area is 196 Å². The van der Waals surface area contributed by atoms with Gasteiger partial charge in [0.25, 0.3) is 5.91 Å². The highest BCUT2D eigenvalue weighted by Gasteiger charge is 2.42. The van der Waals surface area contributed by atoms with Gasteiger partial charge >= 0.3 is 6.75 Å². The molecule has 0 aliphatic carbocycles. The average molecular weight is 490 g/mol. The predicted octanol–water partition coefficient (Wildman–Crippen LogP) is 1.13. The molecule has 5 N–H and O–H groups in total. The van der Waals surface area contributed by atoms with Gasteiger partial charge in [-0.2, -0.15) is 5.59 Å². The quantitative estimate of drug-likeness (QED) is 0.342. The fourth-order valence-electron chi connectivity index (χ4n) is 3.35. The van der Waals surface area contributed by atoms with Crippen molar-refractivity contribution in [2.75, 3.05) is 6.54 Å². The van der Waals surface area contributed by atoms with Crippen molar-refractivity contribution in [3.8, 4) is 0 Å². The van der Waals surface area contributed by atoms with Crippen molar-refractivity contribution in [1.29, 1.82) is 0 Å². The van der Waals surface area contributed by atoms with Crippen LogP contribution in [0.2, 0.25) is 10.0 Å². The smallest absolute Gasteiger partial charge is 0.415 e. The van der Waals surface area contributed by atoms with Gasteiger partial charge in [0.2, 0.25) is 5.91 Å². The van der Waals surface area contributed by atoms with Gasteiger partial charge in [-0.3, -0.25) is 14.4 Å². The number of carbonyl (C=O) groups is 3. The Morgan fingerprint density at radius 2 is 1.97 bits per heavy atom. The van der Waals surface area contributed by atoms with E-state index < -0.39 is 36.7 Å². The summed E-state index contributed by atoms with van der Waals surface area (Å²) in [6, 6.07) is 3.65. The summed E-state index contributed by atoms with van der Waals surface area (Å²) < 4.78 is 11.0. The van der Waals surface area contributed by atoms with Crippen LogP contribution in [0.25, 0.3) is 0 Å². The Balaban J connectivity index is 2.07. The second-order valence-electron chi connectivity index (χ2n) is 8.13. The third kappa shape index (κ3) is 7.14. The van der Waals surface area contributed by atoms with Gasteiger partial charge in [0.1, 0.15) is 6.04 Å². The van der Waals surface area contributed by atoms with Gasteiger partial charge in [-0.25, -0.2) is 5.43 Å². The molecule has 0 saturated carbocycles. The Morgan fingerprint density at radius 1 is 1.28 bits per heavy atom. The van der Waals surface area contributed by atoms with E-state index in [1.807, 2.05) is 13.8 Å². The lowest BCUT2D eigenvalue weighted by atomic mass is 9.65. The van der Waals surface area contributed by atoms with E-state index >= 15 is 0 Å². The number of ketones is 1. The highest BCUT2D eigenvalue weighted by molar-refractivity contribution is 6.61. The van der Waals surface area contributed by atoms with Gasteiger partial charge in [0.05, 0.1) is 17.1 Å². The number of hydrogen-bond donors (Lipinski definition) is 5. The minimum absolute atomic E-state index is 0.0494. The molecule has 4 atom stereocenters. The number of hydrogen-bond acceptors (Lipinski definition) is 8. The maximum absolute atomic E-state index is 12.6. The monoisotopic (exact) mass is 489 g/mol. The number of benzene rings is 1. The first-order chi connectivity index (χ1) is 14.9. The molecule has 10 nitrogen and oxygen atoms in total. The van der Waals surface area contributed by atoms with Crippen molar-refractivity contribution in [3.63, 3.8) is 0 Å². The molecule has 13 heteroatoms. The summed E-state index contributed by atoms with van der Waals surface area (Å²) in [5.41, 5.74) is 5.10. The molecule has 32 heavy (non-hydrogen) atoms. The molecule has 1 unspecified atom stereocenters. The summed E-state index contributed by atoms with van der Waals surface area (Å²) in [5.74, 6) is -2.30. The first kappa shape index (κ1) is 26.5. The van der Waals surface area contributed by atoms with E-state index in [-0.39, 0.29) is 28.8 Å². The zero-order valence-corrected chi connectivity index (χ0v) is 19.8. The molecule has 1 aliphatic rings. The second-order valence-corrected chi connectivity index (χ2v) is 8.98. The Kier molecular flexibility index (Phi) is 9.46. The van der Waals surface area contributed by atoms with Crippen LogP contribution in [0.15, 0.2) is 18.2 Å². The third-order valence-electron chi connectivity index (χ3n) is 4.92. The third-order valence-corrected chi connectivity index (χ3v) is 5.49. The van der Waals surface area contributed by atoms with Crippen LogP contribution in [0.4, 0.5) is 0 Å². The van der Waals surface area contributed by atoms with E-state index in [1.54, 1.807) is 13.0 Å². The van der Waals surface area contributed by atoms with Crippen molar-refractivity contribution in [2.24, 2.45) is 5.92 Å². The van der Waals surface area contributed by atoms with Crippen molar-refractivity contribution >= 4 is 47.6 Å². The summed E-state index contributed by atoms with van der Waals surface area (Å²) in [6.45, 7) is 3.30. The summed E-state index contributed by atoms with van der Waals surface area (Å²) in [5, 5.41) is 16.7. The minimum Gasteiger partial charge on any atom is -0.557 e. The van der Waals surface area contributed by atoms with Crippen molar-refractivity contribution in [2.45, 2.75) is 52.2 Å². The van der Waals surface area contributed by atoms with E-state index in [0.717, 1.165) is 0 Å². The number of Topliss-reactive ketones (excluding diaryl/α,β-unsaturated/α-hetero) is 1. The maximum atomic E-state index is 12.6. The number of halogens is 2. The second kappa shape index (κ2) is 11.4. The molecule has 1 aromatic rings. The van der Waals surface area contributed by atoms with Crippen LogP contribution in [0.3, 0.4) is 0 Å². The Hall–Kier alpha value is -1.73. The number of carbonyl (C=O) groups excluding carboxylic acids is 3.